The zero-order valence-corrected chi connectivity index (χ0v) is 17.6. The third-order valence-electron chi connectivity index (χ3n) is 5.07. The van der Waals surface area contributed by atoms with Crippen LogP contribution in [0.1, 0.15) is 77.4 Å². The van der Waals surface area contributed by atoms with Crippen LogP contribution in [-0.2, 0) is 6.42 Å². The largest absolute Gasteiger partial charge is 0.357 e. The summed E-state index contributed by atoms with van der Waals surface area (Å²) in [6.07, 6.45) is 6.99. The molecule has 1 aliphatic rings. The van der Waals surface area contributed by atoms with Crippen molar-refractivity contribution < 1.29 is 4.52 Å². The summed E-state index contributed by atoms with van der Waals surface area (Å²) in [5.74, 6) is 2.70. The van der Waals surface area contributed by atoms with Gasteiger partial charge in [-0.2, -0.15) is 4.98 Å². The highest BCUT2D eigenvalue weighted by Gasteiger charge is 2.19. The normalized spacial score (nSPS) is 18.9. The van der Waals surface area contributed by atoms with Crippen molar-refractivity contribution in [2.24, 2.45) is 4.99 Å². The summed E-state index contributed by atoms with van der Waals surface area (Å²) in [4.78, 5) is 11.7. The molecule has 1 aromatic heterocycles. The van der Waals surface area contributed by atoms with Crippen molar-refractivity contribution in [3.8, 4) is 0 Å². The number of nitrogens with zero attached hydrogens (tertiary/aromatic N) is 4. The van der Waals surface area contributed by atoms with Gasteiger partial charge in [-0.3, -0.25) is 9.89 Å². The van der Waals surface area contributed by atoms with Crippen LogP contribution in [0.5, 0.6) is 0 Å². The van der Waals surface area contributed by atoms with Crippen LogP contribution in [-0.4, -0.2) is 59.8 Å². The first-order chi connectivity index (χ1) is 13.1. The summed E-state index contributed by atoms with van der Waals surface area (Å²) in [5, 5.41) is 10.8. The zero-order chi connectivity index (χ0) is 19.5. The minimum absolute atomic E-state index is 0.303. The van der Waals surface area contributed by atoms with Crippen molar-refractivity contribution in [1.29, 1.82) is 0 Å². The standard InChI is InChI=1S/C20H38N6O/c1-5-17-10-7-8-14-26(17)15-13-23-20(21-6-2)22-12-9-11-18-24-19(16(3)4)25-27-18/h16-17H,5-15H2,1-4H3,(H2,21,22,23). The summed E-state index contributed by atoms with van der Waals surface area (Å²) >= 11 is 0. The number of hydrogen-bond acceptors (Lipinski definition) is 5. The predicted octanol–water partition coefficient (Wildman–Crippen LogP) is 2.95. The van der Waals surface area contributed by atoms with Crippen LogP contribution >= 0.6 is 0 Å². The molecular formula is C20H38N6O. The lowest BCUT2D eigenvalue weighted by Crippen LogP contribution is -2.46. The molecule has 0 saturated carbocycles. The van der Waals surface area contributed by atoms with Crippen LogP contribution in [0, 0.1) is 0 Å². The molecular weight excluding hydrogens is 340 g/mol. The van der Waals surface area contributed by atoms with Gasteiger partial charge in [-0.05, 0) is 39.2 Å². The van der Waals surface area contributed by atoms with Gasteiger partial charge in [0, 0.05) is 44.6 Å². The zero-order valence-electron chi connectivity index (χ0n) is 17.6. The van der Waals surface area contributed by atoms with E-state index in [9.17, 15) is 0 Å². The number of hydrogen-bond donors (Lipinski definition) is 2. The third-order valence-corrected chi connectivity index (χ3v) is 5.07. The first kappa shape index (κ1) is 21.7. The quantitative estimate of drug-likeness (QED) is 0.370. The molecule has 1 aromatic rings. The lowest BCUT2D eigenvalue weighted by atomic mass is 10.0. The van der Waals surface area contributed by atoms with E-state index in [1.165, 1.54) is 32.2 Å². The number of likely N-dealkylation sites (tertiary alicyclic amines) is 1. The molecule has 7 nitrogen and oxygen atoms in total. The highest BCUT2D eigenvalue weighted by molar-refractivity contribution is 5.79. The van der Waals surface area contributed by atoms with Gasteiger partial charge in [0.15, 0.2) is 11.8 Å². The van der Waals surface area contributed by atoms with E-state index in [4.69, 9.17) is 4.52 Å². The van der Waals surface area contributed by atoms with Crippen LogP contribution in [0.15, 0.2) is 9.52 Å². The lowest BCUT2D eigenvalue weighted by molar-refractivity contribution is 0.147. The fourth-order valence-corrected chi connectivity index (χ4v) is 3.50. The predicted molar refractivity (Wildman–Crippen MR) is 110 cm³/mol. The molecule has 1 unspecified atom stereocenters. The summed E-state index contributed by atoms with van der Waals surface area (Å²) in [7, 11) is 0. The second-order valence-corrected chi connectivity index (χ2v) is 7.59. The summed E-state index contributed by atoms with van der Waals surface area (Å²) in [6.45, 7) is 13.4. The van der Waals surface area contributed by atoms with Gasteiger partial charge in [0.2, 0.25) is 5.89 Å². The number of guanidine groups is 1. The first-order valence-electron chi connectivity index (χ1n) is 10.7. The Morgan fingerprint density at radius 3 is 2.85 bits per heavy atom. The van der Waals surface area contributed by atoms with Crippen molar-refractivity contribution in [2.75, 3.05) is 32.7 Å². The molecule has 0 aromatic carbocycles. The molecule has 1 aliphatic heterocycles. The number of aromatic nitrogens is 2. The van der Waals surface area contributed by atoms with E-state index >= 15 is 0 Å². The van der Waals surface area contributed by atoms with Gasteiger partial charge in [-0.25, -0.2) is 0 Å². The number of nitrogens with one attached hydrogen (secondary N) is 2. The second kappa shape index (κ2) is 12.0. The molecule has 154 valence electrons. The molecule has 1 atom stereocenters. The Balaban J connectivity index is 1.71. The lowest BCUT2D eigenvalue weighted by Gasteiger charge is -2.35. The Kier molecular flexibility index (Phi) is 9.59. The van der Waals surface area contributed by atoms with E-state index in [2.05, 4.69) is 58.4 Å². The fourth-order valence-electron chi connectivity index (χ4n) is 3.50. The van der Waals surface area contributed by atoms with Crippen LogP contribution in [0.3, 0.4) is 0 Å². The number of aryl methyl sites for hydroxylation is 1. The van der Waals surface area contributed by atoms with E-state index in [0.717, 1.165) is 56.8 Å². The Hall–Kier alpha value is -1.63. The van der Waals surface area contributed by atoms with Crippen molar-refractivity contribution >= 4 is 5.96 Å². The molecule has 2 heterocycles. The summed E-state index contributed by atoms with van der Waals surface area (Å²) < 4.78 is 5.29. The molecule has 0 bridgehead atoms. The van der Waals surface area contributed by atoms with Crippen LogP contribution in [0.2, 0.25) is 0 Å². The first-order valence-corrected chi connectivity index (χ1v) is 10.7. The molecule has 0 aliphatic carbocycles. The van der Waals surface area contributed by atoms with Gasteiger partial charge in [-0.1, -0.05) is 32.3 Å². The molecule has 2 rings (SSSR count). The number of aliphatic imine (C=N–C) groups is 1. The average molecular weight is 379 g/mol. The molecule has 1 fully saturated rings. The Labute approximate surface area is 164 Å². The Bertz CT molecular complexity index is 556. The van der Waals surface area contributed by atoms with Crippen LogP contribution < -0.4 is 10.6 Å². The monoisotopic (exact) mass is 378 g/mol. The summed E-state index contributed by atoms with van der Waals surface area (Å²) in [6, 6.07) is 0.755. The average Bonchev–Trinajstić information content (AvgIpc) is 3.15. The SMILES string of the molecule is CCNC(=NCCCc1nc(C(C)C)no1)NCCN1CCCCC1CC. The maximum Gasteiger partial charge on any atom is 0.226 e. The number of piperidine rings is 1. The highest BCUT2D eigenvalue weighted by Crippen LogP contribution is 2.18. The number of rotatable bonds is 10. The molecule has 0 amide bonds. The minimum Gasteiger partial charge on any atom is -0.357 e. The molecule has 27 heavy (non-hydrogen) atoms. The van der Waals surface area contributed by atoms with Gasteiger partial charge >= 0.3 is 0 Å². The fraction of sp³-hybridized carbons (Fsp3) is 0.850. The molecule has 1 saturated heterocycles. The van der Waals surface area contributed by atoms with Crippen LogP contribution in [0.4, 0.5) is 0 Å². The van der Waals surface area contributed by atoms with E-state index in [1.807, 2.05) is 0 Å². The maximum absolute atomic E-state index is 5.29. The molecule has 7 heteroatoms. The van der Waals surface area contributed by atoms with E-state index in [0.29, 0.717) is 11.8 Å². The second-order valence-electron chi connectivity index (χ2n) is 7.59. The summed E-state index contributed by atoms with van der Waals surface area (Å²) in [5.41, 5.74) is 0. The third kappa shape index (κ3) is 7.48. The van der Waals surface area contributed by atoms with Gasteiger partial charge < -0.3 is 15.2 Å². The highest BCUT2D eigenvalue weighted by atomic mass is 16.5. The van der Waals surface area contributed by atoms with Crippen molar-refractivity contribution in [3.63, 3.8) is 0 Å². The molecule has 0 spiro atoms. The molecule has 2 N–H and O–H groups in total. The van der Waals surface area contributed by atoms with Crippen LogP contribution in [0.25, 0.3) is 0 Å². The van der Waals surface area contributed by atoms with Crippen molar-refractivity contribution in [2.45, 2.75) is 78.2 Å². The van der Waals surface area contributed by atoms with Crippen molar-refractivity contribution in [1.82, 2.24) is 25.7 Å². The van der Waals surface area contributed by atoms with Gasteiger partial charge in [-0.15, -0.1) is 0 Å². The van der Waals surface area contributed by atoms with E-state index in [-0.39, 0.29) is 0 Å². The van der Waals surface area contributed by atoms with Gasteiger partial charge in [0.1, 0.15) is 0 Å². The topological polar surface area (TPSA) is 78.6 Å². The van der Waals surface area contributed by atoms with Gasteiger partial charge in [0.25, 0.3) is 0 Å². The van der Waals surface area contributed by atoms with Gasteiger partial charge in [0.05, 0.1) is 0 Å². The molecule has 0 radical (unpaired) electrons. The Morgan fingerprint density at radius 1 is 1.30 bits per heavy atom. The maximum atomic E-state index is 5.29. The smallest absolute Gasteiger partial charge is 0.226 e. The Morgan fingerprint density at radius 2 is 2.15 bits per heavy atom. The van der Waals surface area contributed by atoms with E-state index < -0.39 is 0 Å². The minimum atomic E-state index is 0.303. The van der Waals surface area contributed by atoms with E-state index in [1.54, 1.807) is 0 Å². The van der Waals surface area contributed by atoms with Crippen molar-refractivity contribution in [3.05, 3.63) is 11.7 Å².